The number of aryl methyl sites for hydroxylation is 1. The first-order valence-electron chi connectivity index (χ1n) is 9.99. The third kappa shape index (κ3) is 3.49. The third-order valence-corrected chi connectivity index (χ3v) is 6.70. The van der Waals surface area contributed by atoms with Gasteiger partial charge in [-0.1, -0.05) is 42.0 Å². The Morgan fingerprint density at radius 2 is 1.87 bits per heavy atom. The minimum atomic E-state index is -1.44. The summed E-state index contributed by atoms with van der Waals surface area (Å²) in [7, 11) is 0. The molecule has 1 fully saturated rings. The highest BCUT2D eigenvalue weighted by molar-refractivity contribution is 8.03. The molecular weight excluding hydrogens is 396 g/mol. The summed E-state index contributed by atoms with van der Waals surface area (Å²) >= 11 is 1.37. The van der Waals surface area contributed by atoms with Crippen molar-refractivity contribution in [2.75, 3.05) is 5.75 Å². The second-order valence-electron chi connectivity index (χ2n) is 8.02. The first-order valence-corrected chi connectivity index (χ1v) is 11.0. The zero-order valence-electron chi connectivity index (χ0n) is 17.3. The number of carbonyl (C=O) groups is 1. The van der Waals surface area contributed by atoms with Crippen LogP contribution >= 0.6 is 11.8 Å². The molecule has 1 amide bonds. The average molecular weight is 421 g/mol. The van der Waals surface area contributed by atoms with Crippen molar-refractivity contribution in [3.05, 3.63) is 75.8 Å². The minimum absolute atomic E-state index is 0.0757. The van der Waals surface area contributed by atoms with E-state index in [1.54, 1.807) is 0 Å². The van der Waals surface area contributed by atoms with E-state index >= 15 is 0 Å². The quantitative estimate of drug-likeness (QED) is 0.792. The van der Waals surface area contributed by atoms with Gasteiger partial charge in [0.1, 0.15) is 5.75 Å². The summed E-state index contributed by atoms with van der Waals surface area (Å²) in [5.41, 5.74) is 1.73. The van der Waals surface area contributed by atoms with E-state index in [4.69, 9.17) is 4.74 Å². The number of carbonyl (C=O) groups excluding carboxylic acids is 1. The van der Waals surface area contributed by atoms with Crippen molar-refractivity contribution in [3.63, 3.8) is 0 Å². The Balaban J connectivity index is 1.71. The molecule has 4 rings (SSSR count). The fourth-order valence-corrected chi connectivity index (χ4v) is 5.35. The van der Waals surface area contributed by atoms with Gasteiger partial charge in [-0.15, -0.1) is 11.8 Å². The summed E-state index contributed by atoms with van der Waals surface area (Å²) in [6, 6.07) is 17.4. The van der Waals surface area contributed by atoms with Gasteiger partial charge in [0.25, 0.3) is 0 Å². The van der Waals surface area contributed by atoms with E-state index in [1.165, 1.54) is 16.7 Å². The van der Waals surface area contributed by atoms with Gasteiger partial charge in [0, 0.05) is 17.9 Å². The number of hydrogen-bond donors (Lipinski definition) is 1. The van der Waals surface area contributed by atoms with E-state index in [0.29, 0.717) is 21.9 Å². The first-order chi connectivity index (χ1) is 14.3. The van der Waals surface area contributed by atoms with E-state index in [0.717, 1.165) is 16.9 Å². The molecule has 1 N–H and O–H groups in total. The summed E-state index contributed by atoms with van der Waals surface area (Å²) in [5.74, 6) is 0.558. The van der Waals surface area contributed by atoms with Gasteiger partial charge in [-0.2, -0.15) is 5.26 Å². The number of allylic oxidation sites excluding steroid dienone is 1. The van der Waals surface area contributed by atoms with Crippen molar-refractivity contribution >= 4 is 17.7 Å². The number of nitrogens with zero attached hydrogens (tertiary/aromatic N) is 2. The largest absolute Gasteiger partial charge is 0.491 e. The van der Waals surface area contributed by atoms with Gasteiger partial charge < -0.3 is 9.84 Å². The van der Waals surface area contributed by atoms with E-state index in [-0.39, 0.29) is 24.3 Å². The predicted molar refractivity (Wildman–Crippen MR) is 117 cm³/mol. The lowest BCUT2D eigenvalue weighted by molar-refractivity contribution is -0.149. The van der Waals surface area contributed by atoms with Crippen LogP contribution in [-0.2, 0) is 10.5 Å². The van der Waals surface area contributed by atoms with Crippen LogP contribution in [0.5, 0.6) is 5.75 Å². The van der Waals surface area contributed by atoms with Gasteiger partial charge in [-0.3, -0.25) is 9.69 Å². The standard InChI is InChI=1S/C24H24N2O3S/c1-15(2)29-19-10-6-17(7-11-19)20-12-22(27)26-23(21(20)13-25)30-14-24(26,28)18-8-4-16(3)5-9-18/h4-11,15,20,28H,12,14H2,1-3H3/t20-,24-/m1/s1. The Morgan fingerprint density at radius 3 is 2.47 bits per heavy atom. The molecule has 0 unspecified atom stereocenters. The number of rotatable bonds is 4. The molecule has 0 radical (unpaired) electrons. The Kier molecular flexibility index (Phi) is 5.35. The number of benzene rings is 2. The molecule has 2 heterocycles. The van der Waals surface area contributed by atoms with Crippen molar-refractivity contribution in [2.24, 2.45) is 0 Å². The monoisotopic (exact) mass is 420 g/mol. The maximum Gasteiger partial charge on any atom is 0.231 e. The normalized spacial score (nSPS) is 23.5. The maximum atomic E-state index is 13.2. The number of amides is 1. The van der Waals surface area contributed by atoms with Crippen LogP contribution < -0.4 is 4.74 Å². The summed E-state index contributed by atoms with van der Waals surface area (Å²) < 4.78 is 5.70. The summed E-state index contributed by atoms with van der Waals surface area (Å²) in [6.07, 6.45) is 0.220. The zero-order valence-corrected chi connectivity index (χ0v) is 18.1. The van der Waals surface area contributed by atoms with Gasteiger partial charge >= 0.3 is 0 Å². The number of thioether (sulfide) groups is 1. The molecule has 1 saturated heterocycles. The van der Waals surface area contributed by atoms with Crippen LogP contribution in [0, 0.1) is 18.3 Å². The SMILES string of the molecule is Cc1ccc([C@]2(O)CSC3=C(C#N)[C@@H](c4ccc(OC(C)C)cc4)CC(=O)N32)cc1. The number of ether oxygens (including phenoxy) is 1. The van der Waals surface area contributed by atoms with Gasteiger partial charge in [-0.25, -0.2) is 0 Å². The highest BCUT2D eigenvalue weighted by Gasteiger charge is 2.51. The van der Waals surface area contributed by atoms with Crippen molar-refractivity contribution in [3.8, 4) is 11.8 Å². The minimum Gasteiger partial charge on any atom is -0.491 e. The molecular formula is C24H24N2O3S. The second kappa shape index (κ2) is 7.82. The molecule has 2 aliphatic rings. The Labute approximate surface area is 181 Å². The number of nitriles is 1. The molecule has 0 bridgehead atoms. The molecule has 5 nitrogen and oxygen atoms in total. The Hall–Kier alpha value is -2.75. The topological polar surface area (TPSA) is 73.6 Å². The summed E-state index contributed by atoms with van der Waals surface area (Å²) in [5, 5.41) is 21.9. The fourth-order valence-electron chi connectivity index (χ4n) is 3.99. The molecule has 0 aromatic heterocycles. The fraction of sp³-hybridized carbons (Fsp3) is 0.333. The third-order valence-electron chi connectivity index (χ3n) is 5.48. The molecule has 0 spiro atoms. The van der Waals surface area contributed by atoms with Crippen LogP contribution in [0.4, 0.5) is 0 Å². The van der Waals surface area contributed by atoms with E-state index in [1.807, 2.05) is 69.3 Å². The lowest BCUT2D eigenvalue weighted by atomic mass is 9.85. The first kappa shape index (κ1) is 20.5. The summed E-state index contributed by atoms with van der Waals surface area (Å²) in [6.45, 7) is 5.91. The predicted octanol–water partition coefficient (Wildman–Crippen LogP) is 4.43. The van der Waals surface area contributed by atoms with Crippen molar-refractivity contribution in [2.45, 2.75) is 44.9 Å². The van der Waals surface area contributed by atoms with Crippen molar-refractivity contribution < 1.29 is 14.6 Å². The van der Waals surface area contributed by atoms with Crippen LogP contribution in [0.3, 0.4) is 0 Å². The Bertz CT molecular complexity index is 1040. The van der Waals surface area contributed by atoms with Gasteiger partial charge in [0.2, 0.25) is 5.91 Å². The summed E-state index contributed by atoms with van der Waals surface area (Å²) in [4.78, 5) is 14.6. The number of hydrogen-bond acceptors (Lipinski definition) is 5. The molecule has 2 aliphatic heterocycles. The van der Waals surface area contributed by atoms with Crippen molar-refractivity contribution in [1.82, 2.24) is 4.90 Å². The second-order valence-corrected chi connectivity index (χ2v) is 8.99. The molecule has 2 aromatic rings. The molecule has 2 atom stereocenters. The maximum absolute atomic E-state index is 13.2. The van der Waals surface area contributed by atoms with Crippen LogP contribution in [0.25, 0.3) is 0 Å². The lowest BCUT2D eigenvalue weighted by Crippen LogP contribution is -2.48. The molecule has 2 aromatic carbocycles. The molecule has 30 heavy (non-hydrogen) atoms. The van der Waals surface area contributed by atoms with E-state index < -0.39 is 5.72 Å². The molecule has 0 saturated carbocycles. The van der Waals surface area contributed by atoms with Crippen molar-refractivity contribution in [1.29, 1.82) is 5.26 Å². The number of aliphatic hydroxyl groups is 1. The zero-order chi connectivity index (χ0) is 21.5. The molecule has 0 aliphatic carbocycles. The van der Waals surface area contributed by atoms with Crippen LogP contribution in [-0.4, -0.2) is 27.8 Å². The van der Waals surface area contributed by atoms with Crippen LogP contribution in [0.15, 0.2) is 59.1 Å². The van der Waals surface area contributed by atoms with E-state index in [9.17, 15) is 15.2 Å². The smallest absolute Gasteiger partial charge is 0.231 e. The highest BCUT2D eigenvalue weighted by atomic mass is 32.2. The van der Waals surface area contributed by atoms with E-state index in [2.05, 4.69) is 6.07 Å². The van der Waals surface area contributed by atoms with Gasteiger partial charge in [0.15, 0.2) is 5.72 Å². The highest BCUT2D eigenvalue weighted by Crippen LogP contribution is 2.51. The van der Waals surface area contributed by atoms with Crippen LogP contribution in [0.2, 0.25) is 0 Å². The Morgan fingerprint density at radius 1 is 1.20 bits per heavy atom. The number of fused-ring (bicyclic) bond motifs is 1. The average Bonchev–Trinajstić information content (AvgIpc) is 3.08. The van der Waals surface area contributed by atoms with Gasteiger partial charge in [-0.05, 0) is 38.5 Å². The van der Waals surface area contributed by atoms with Gasteiger partial charge in [0.05, 0.1) is 28.5 Å². The van der Waals surface area contributed by atoms with Crippen LogP contribution in [0.1, 0.15) is 42.9 Å². The lowest BCUT2D eigenvalue weighted by Gasteiger charge is -2.38. The molecule has 154 valence electrons. The molecule has 6 heteroatoms.